The number of hydrogen-bond donors (Lipinski definition) is 0. The maximum Gasteiger partial charge on any atom is 0.227 e. The number of hydrogen-bond acceptors (Lipinski definition) is 3. The monoisotopic (exact) mass is 437 g/mol. The fraction of sp³-hybridized carbons (Fsp3) is 0.214. The quantitative estimate of drug-likeness (QED) is 0.374. The molecule has 166 valence electrons. The van der Waals surface area contributed by atoms with E-state index in [1.165, 1.54) is 5.56 Å². The Morgan fingerprint density at radius 2 is 1.76 bits per heavy atom. The van der Waals surface area contributed by atoms with Gasteiger partial charge in [0, 0.05) is 25.4 Å². The number of fused-ring (bicyclic) bond motifs is 1. The molecule has 0 N–H and O–H groups in total. The second-order valence-electron chi connectivity index (χ2n) is 8.19. The van der Waals surface area contributed by atoms with Gasteiger partial charge in [0.1, 0.15) is 11.6 Å². The molecule has 5 heteroatoms. The Balaban J connectivity index is 1.46. The molecule has 1 amide bonds. The molecule has 1 aliphatic heterocycles. The van der Waals surface area contributed by atoms with E-state index in [1.54, 1.807) is 0 Å². The molecule has 2 heterocycles. The molecule has 0 radical (unpaired) electrons. The van der Waals surface area contributed by atoms with Gasteiger partial charge in [-0.2, -0.15) is 0 Å². The molecule has 1 aromatic heterocycles. The van der Waals surface area contributed by atoms with E-state index >= 15 is 0 Å². The molecule has 5 rings (SSSR count). The van der Waals surface area contributed by atoms with Crippen molar-refractivity contribution in [3.05, 3.63) is 96.3 Å². The van der Waals surface area contributed by atoms with E-state index in [0.29, 0.717) is 26.1 Å². The molecular formula is C28H27N3O2. The Labute approximate surface area is 193 Å². The molecule has 1 aliphatic rings. The predicted octanol–water partition coefficient (Wildman–Crippen LogP) is 5.67. The van der Waals surface area contributed by atoms with Gasteiger partial charge in [0.25, 0.3) is 0 Å². The molecule has 0 aliphatic carbocycles. The van der Waals surface area contributed by atoms with Crippen LogP contribution in [0.2, 0.25) is 0 Å². The summed E-state index contributed by atoms with van der Waals surface area (Å²) in [5.74, 6) is 1.82. The third kappa shape index (κ3) is 4.27. The molecule has 1 atom stereocenters. The number of nitrogens with zero attached hydrogens (tertiary/aromatic N) is 3. The highest BCUT2D eigenvalue weighted by Crippen LogP contribution is 2.37. The second kappa shape index (κ2) is 9.33. The number of allylic oxidation sites excluding steroid dienone is 1. The number of ether oxygens (including phenoxy) is 1. The fourth-order valence-electron chi connectivity index (χ4n) is 4.53. The van der Waals surface area contributed by atoms with Gasteiger partial charge in [-0.1, -0.05) is 66.7 Å². The van der Waals surface area contributed by atoms with Crippen molar-refractivity contribution in [2.45, 2.75) is 25.8 Å². The summed E-state index contributed by atoms with van der Waals surface area (Å²) in [6.45, 7) is 3.81. The Hall–Kier alpha value is -3.86. The maximum atomic E-state index is 13.1. The normalized spacial score (nSPS) is 16.2. The van der Waals surface area contributed by atoms with Crippen molar-refractivity contribution in [3.8, 4) is 5.75 Å². The molecule has 33 heavy (non-hydrogen) atoms. The second-order valence-corrected chi connectivity index (χ2v) is 8.19. The minimum Gasteiger partial charge on any atom is -0.492 e. The summed E-state index contributed by atoms with van der Waals surface area (Å²) in [5.41, 5.74) is 4.05. The highest BCUT2D eigenvalue weighted by molar-refractivity contribution is 5.97. The van der Waals surface area contributed by atoms with Gasteiger partial charge >= 0.3 is 0 Å². The van der Waals surface area contributed by atoms with Crippen LogP contribution in [0.15, 0.2) is 84.9 Å². The summed E-state index contributed by atoms with van der Waals surface area (Å²) < 4.78 is 8.02. The van der Waals surface area contributed by atoms with Crippen LogP contribution in [0.25, 0.3) is 17.1 Å². The highest BCUT2D eigenvalue weighted by atomic mass is 16.5. The van der Waals surface area contributed by atoms with Crippen LogP contribution in [0.1, 0.15) is 30.7 Å². The first-order valence-corrected chi connectivity index (χ1v) is 11.4. The van der Waals surface area contributed by atoms with E-state index in [-0.39, 0.29) is 11.8 Å². The maximum absolute atomic E-state index is 13.1. The van der Waals surface area contributed by atoms with E-state index in [4.69, 9.17) is 9.72 Å². The molecule has 0 unspecified atom stereocenters. The summed E-state index contributed by atoms with van der Waals surface area (Å²) in [4.78, 5) is 19.9. The molecule has 3 aromatic carbocycles. The summed E-state index contributed by atoms with van der Waals surface area (Å²) in [7, 11) is 0. The van der Waals surface area contributed by atoms with Crippen molar-refractivity contribution in [2.75, 3.05) is 18.1 Å². The van der Waals surface area contributed by atoms with Crippen LogP contribution in [0.3, 0.4) is 0 Å². The molecule has 4 aromatic rings. The van der Waals surface area contributed by atoms with Crippen LogP contribution in [0.4, 0.5) is 5.69 Å². The molecule has 1 fully saturated rings. The van der Waals surface area contributed by atoms with Crippen LogP contribution in [-0.2, 0) is 11.3 Å². The van der Waals surface area contributed by atoms with Gasteiger partial charge in [-0.05, 0) is 36.8 Å². The number of imidazole rings is 1. The lowest BCUT2D eigenvalue weighted by Gasteiger charge is -2.20. The van der Waals surface area contributed by atoms with Gasteiger partial charge in [-0.15, -0.1) is 0 Å². The smallest absolute Gasteiger partial charge is 0.227 e. The first-order chi connectivity index (χ1) is 16.2. The Kier molecular flexibility index (Phi) is 5.94. The highest BCUT2D eigenvalue weighted by Gasteiger charge is 2.35. The summed E-state index contributed by atoms with van der Waals surface area (Å²) in [6, 6.07) is 26.2. The number of aromatic nitrogens is 2. The Bertz CT molecular complexity index is 1290. The Morgan fingerprint density at radius 1 is 1.00 bits per heavy atom. The Morgan fingerprint density at radius 3 is 2.61 bits per heavy atom. The zero-order valence-electron chi connectivity index (χ0n) is 18.7. The van der Waals surface area contributed by atoms with E-state index < -0.39 is 0 Å². The number of rotatable bonds is 7. The zero-order valence-corrected chi connectivity index (χ0v) is 18.7. The largest absolute Gasteiger partial charge is 0.492 e. The molecule has 0 bridgehead atoms. The molecule has 5 nitrogen and oxygen atoms in total. The third-order valence-electron chi connectivity index (χ3n) is 6.03. The molecule has 0 saturated carbocycles. The lowest BCUT2D eigenvalue weighted by atomic mass is 10.1. The van der Waals surface area contributed by atoms with Crippen molar-refractivity contribution in [1.29, 1.82) is 0 Å². The van der Waals surface area contributed by atoms with Gasteiger partial charge in [-0.3, -0.25) is 4.79 Å². The van der Waals surface area contributed by atoms with Crippen molar-refractivity contribution in [1.82, 2.24) is 9.55 Å². The van der Waals surface area contributed by atoms with E-state index in [0.717, 1.165) is 28.3 Å². The number of carbonyl (C=O) groups excluding carboxylic acids is 1. The van der Waals surface area contributed by atoms with Crippen molar-refractivity contribution >= 4 is 28.7 Å². The van der Waals surface area contributed by atoms with Crippen LogP contribution in [-0.4, -0.2) is 28.6 Å². The summed E-state index contributed by atoms with van der Waals surface area (Å²) in [6.07, 6.45) is 4.72. The van der Waals surface area contributed by atoms with Crippen molar-refractivity contribution in [2.24, 2.45) is 0 Å². The summed E-state index contributed by atoms with van der Waals surface area (Å²) >= 11 is 0. The first kappa shape index (κ1) is 21.0. The van der Waals surface area contributed by atoms with E-state index in [9.17, 15) is 4.79 Å². The number of carbonyl (C=O) groups is 1. The SMILES string of the molecule is CCOc1ccccc1N1C[C@@H](c2nc3ccccc3n2C/C=C/c2ccccc2)CC1=O. The number of para-hydroxylation sites is 4. The van der Waals surface area contributed by atoms with Crippen molar-refractivity contribution in [3.63, 3.8) is 0 Å². The zero-order chi connectivity index (χ0) is 22.6. The topological polar surface area (TPSA) is 47.4 Å². The van der Waals surface area contributed by atoms with Crippen LogP contribution in [0, 0.1) is 0 Å². The van der Waals surface area contributed by atoms with Crippen LogP contribution >= 0.6 is 0 Å². The lowest BCUT2D eigenvalue weighted by molar-refractivity contribution is -0.117. The molecule has 0 spiro atoms. The van der Waals surface area contributed by atoms with Gasteiger partial charge in [-0.25, -0.2) is 4.98 Å². The average Bonchev–Trinajstić information content (AvgIpc) is 3.41. The average molecular weight is 438 g/mol. The lowest BCUT2D eigenvalue weighted by Crippen LogP contribution is -2.25. The van der Waals surface area contributed by atoms with Crippen LogP contribution in [0.5, 0.6) is 5.75 Å². The van der Waals surface area contributed by atoms with E-state index in [1.807, 2.05) is 72.5 Å². The van der Waals surface area contributed by atoms with Gasteiger partial charge in [0.05, 0.1) is 23.3 Å². The number of anilines is 1. The third-order valence-corrected chi connectivity index (χ3v) is 6.03. The molecule has 1 saturated heterocycles. The number of benzene rings is 3. The minimum absolute atomic E-state index is 0.0182. The first-order valence-electron chi connectivity index (χ1n) is 11.4. The predicted molar refractivity (Wildman–Crippen MR) is 133 cm³/mol. The van der Waals surface area contributed by atoms with E-state index in [2.05, 4.69) is 34.9 Å². The van der Waals surface area contributed by atoms with Crippen molar-refractivity contribution < 1.29 is 9.53 Å². The van der Waals surface area contributed by atoms with Gasteiger partial charge in [0.15, 0.2) is 0 Å². The van der Waals surface area contributed by atoms with Crippen LogP contribution < -0.4 is 9.64 Å². The number of amides is 1. The standard InChI is InChI=1S/C28H27N3O2/c1-2-33-26-17-9-8-16-25(26)31-20-22(19-27(31)32)28-29-23-14-6-7-15-24(23)30(28)18-10-13-21-11-4-3-5-12-21/h3-17,22H,2,18-20H2,1H3/b13-10+/t22-/m0/s1. The molecular weight excluding hydrogens is 410 g/mol. The summed E-state index contributed by atoms with van der Waals surface area (Å²) in [5, 5.41) is 0. The fourth-order valence-corrected chi connectivity index (χ4v) is 4.53. The van der Waals surface area contributed by atoms with Gasteiger partial charge < -0.3 is 14.2 Å². The minimum atomic E-state index is 0.0182. The van der Waals surface area contributed by atoms with Gasteiger partial charge in [0.2, 0.25) is 5.91 Å².